The van der Waals surface area contributed by atoms with Crippen LogP contribution in [0.2, 0.25) is 0 Å². The highest BCUT2D eigenvalue weighted by Gasteiger charge is 2.25. The van der Waals surface area contributed by atoms with Gasteiger partial charge in [-0.05, 0) is 25.5 Å². The van der Waals surface area contributed by atoms with Crippen molar-refractivity contribution in [2.75, 3.05) is 11.4 Å². The van der Waals surface area contributed by atoms with E-state index in [1.807, 2.05) is 30.0 Å². The van der Waals surface area contributed by atoms with Gasteiger partial charge >= 0.3 is 0 Å². The van der Waals surface area contributed by atoms with Crippen molar-refractivity contribution >= 4 is 11.6 Å². The predicted molar refractivity (Wildman–Crippen MR) is 62.1 cm³/mol. The van der Waals surface area contributed by atoms with Gasteiger partial charge in [-0.25, -0.2) is 0 Å². The van der Waals surface area contributed by atoms with Crippen molar-refractivity contribution in [2.45, 2.75) is 20.3 Å². The molecule has 2 heteroatoms. The van der Waals surface area contributed by atoms with E-state index in [0.717, 1.165) is 11.3 Å². The van der Waals surface area contributed by atoms with Crippen molar-refractivity contribution in [3.63, 3.8) is 0 Å². The molecule has 0 fully saturated rings. The Hall–Kier alpha value is -1.57. The second-order valence-electron chi connectivity index (χ2n) is 3.88. The summed E-state index contributed by atoms with van der Waals surface area (Å²) in [6, 6.07) is 6.20. The van der Waals surface area contributed by atoms with Crippen molar-refractivity contribution < 1.29 is 4.79 Å². The first kappa shape index (κ1) is 9.97. The average molecular weight is 201 g/mol. The van der Waals surface area contributed by atoms with E-state index in [9.17, 15) is 4.79 Å². The summed E-state index contributed by atoms with van der Waals surface area (Å²) in [6.45, 7) is 4.71. The molecule has 2 nitrogen and oxygen atoms in total. The van der Waals surface area contributed by atoms with Crippen LogP contribution in [-0.2, 0) is 11.2 Å². The molecule has 0 spiro atoms. The third kappa shape index (κ3) is 1.80. The summed E-state index contributed by atoms with van der Waals surface area (Å²) < 4.78 is 0. The zero-order valence-electron chi connectivity index (χ0n) is 9.16. The van der Waals surface area contributed by atoms with Crippen LogP contribution in [0.25, 0.3) is 0 Å². The number of amides is 1. The number of benzene rings is 1. The van der Waals surface area contributed by atoms with Crippen LogP contribution in [0, 0.1) is 6.92 Å². The maximum atomic E-state index is 11.7. The SMILES string of the molecule is C/C=C\CN1C(=O)Cc2cc(C)ccc21. The van der Waals surface area contributed by atoms with Gasteiger partial charge in [0.05, 0.1) is 6.42 Å². The summed E-state index contributed by atoms with van der Waals surface area (Å²) in [4.78, 5) is 13.6. The van der Waals surface area contributed by atoms with E-state index in [4.69, 9.17) is 0 Å². The van der Waals surface area contributed by atoms with Gasteiger partial charge in [0.25, 0.3) is 0 Å². The van der Waals surface area contributed by atoms with Crippen molar-refractivity contribution in [1.29, 1.82) is 0 Å². The molecule has 1 aliphatic rings. The number of rotatable bonds is 2. The molecule has 15 heavy (non-hydrogen) atoms. The van der Waals surface area contributed by atoms with Gasteiger partial charge in [-0.15, -0.1) is 0 Å². The number of hydrogen-bond donors (Lipinski definition) is 0. The molecule has 0 saturated heterocycles. The Bertz CT molecular complexity index is 421. The first-order valence-electron chi connectivity index (χ1n) is 5.23. The number of aryl methyl sites for hydroxylation is 1. The Labute approximate surface area is 90.2 Å². The Kier molecular flexibility index (Phi) is 2.58. The van der Waals surface area contributed by atoms with Gasteiger partial charge in [-0.3, -0.25) is 4.79 Å². The lowest BCUT2D eigenvalue weighted by molar-refractivity contribution is -0.117. The van der Waals surface area contributed by atoms with Crippen LogP contribution in [0.15, 0.2) is 30.4 Å². The van der Waals surface area contributed by atoms with Crippen LogP contribution >= 0.6 is 0 Å². The number of anilines is 1. The van der Waals surface area contributed by atoms with E-state index in [-0.39, 0.29) is 5.91 Å². The number of hydrogen-bond acceptors (Lipinski definition) is 1. The van der Waals surface area contributed by atoms with Gasteiger partial charge in [-0.1, -0.05) is 29.8 Å². The summed E-state index contributed by atoms with van der Waals surface area (Å²) in [5.41, 5.74) is 3.45. The topological polar surface area (TPSA) is 20.3 Å². The van der Waals surface area contributed by atoms with Crippen molar-refractivity contribution in [3.05, 3.63) is 41.5 Å². The molecule has 78 valence electrons. The quantitative estimate of drug-likeness (QED) is 0.673. The zero-order valence-corrected chi connectivity index (χ0v) is 9.16. The average Bonchev–Trinajstić information content (AvgIpc) is 2.50. The van der Waals surface area contributed by atoms with Crippen LogP contribution in [0.5, 0.6) is 0 Å². The minimum Gasteiger partial charge on any atom is -0.308 e. The second-order valence-corrected chi connectivity index (χ2v) is 3.88. The third-order valence-electron chi connectivity index (χ3n) is 2.69. The van der Waals surface area contributed by atoms with E-state index in [1.165, 1.54) is 5.56 Å². The number of carbonyl (C=O) groups excluding carboxylic acids is 1. The summed E-state index contributed by atoms with van der Waals surface area (Å²) in [6.07, 6.45) is 4.53. The summed E-state index contributed by atoms with van der Waals surface area (Å²) >= 11 is 0. The number of allylic oxidation sites excluding steroid dienone is 1. The third-order valence-corrected chi connectivity index (χ3v) is 2.69. The summed E-state index contributed by atoms with van der Waals surface area (Å²) in [7, 11) is 0. The van der Waals surface area contributed by atoms with Gasteiger partial charge in [0.15, 0.2) is 0 Å². The fraction of sp³-hybridized carbons (Fsp3) is 0.308. The molecule has 0 N–H and O–H groups in total. The molecular formula is C13H15NO. The van der Waals surface area contributed by atoms with Gasteiger partial charge in [0.1, 0.15) is 0 Å². The van der Waals surface area contributed by atoms with Crippen LogP contribution in [0.1, 0.15) is 18.1 Å². The van der Waals surface area contributed by atoms with Gasteiger partial charge in [0.2, 0.25) is 5.91 Å². The highest BCUT2D eigenvalue weighted by atomic mass is 16.2. The molecule has 0 aromatic heterocycles. The molecule has 0 bridgehead atoms. The van der Waals surface area contributed by atoms with E-state index in [2.05, 4.69) is 19.1 Å². The minimum atomic E-state index is 0.203. The lowest BCUT2D eigenvalue weighted by Gasteiger charge is -2.14. The minimum absolute atomic E-state index is 0.203. The van der Waals surface area contributed by atoms with Gasteiger partial charge in [0, 0.05) is 12.2 Å². The fourth-order valence-corrected chi connectivity index (χ4v) is 1.92. The Morgan fingerprint density at radius 3 is 3.00 bits per heavy atom. The van der Waals surface area contributed by atoms with E-state index < -0.39 is 0 Å². The predicted octanol–water partition coefficient (Wildman–Crippen LogP) is 2.46. The normalized spacial score (nSPS) is 15.1. The smallest absolute Gasteiger partial charge is 0.231 e. The molecule has 1 amide bonds. The Morgan fingerprint density at radius 2 is 2.27 bits per heavy atom. The molecule has 1 heterocycles. The molecule has 0 unspecified atom stereocenters. The lowest BCUT2D eigenvalue weighted by Crippen LogP contribution is -2.26. The molecule has 1 aromatic rings. The van der Waals surface area contributed by atoms with Crippen molar-refractivity contribution in [2.24, 2.45) is 0 Å². The molecule has 1 aliphatic heterocycles. The van der Waals surface area contributed by atoms with E-state index in [1.54, 1.807) is 0 Å². The van der Waals surface area contributed by atoms with Gasteiger partial charge < -0.3 is 4.90 Å². The summed E-state index contributed by atoms with van der Waals surface area (Å²) in [5, 5.41) is 0. The van der Waals surface area contributed by atoms with E-state index >= 15 is 0 Å². The highest BCUT2D eigenvalue weighted by molar-refractivity contribution is 6.01. The van der Waals surface area contributed by atoms with E-state index in [0.29, 0.717) is 13.0 Å². The monoisotopic (exact) mass is 201 g/mol. The molecule has 0 saturated carbocycles. The molecular weight excluding hydrogens is 186 g/mol. The maximum Gasteiger partial charge on any atom is 0.231 e. The summed E-state index contributed by atoms with van der Waals surface area (Å²) in [5.74, 6) is 0.203. The Morgan fingerprint density at radius 1 is 1.47 bits per heavy atom. The fourth-order valence-electron chi connectivity index (χ4n) is 1.92. The number of fused-ring (bicyclic) bond motifs is 1. The molecule has 0 radical (unpaired) electrons. The second kappa shape index (κ2) is 3.89. The molecule has 0 atom stereocenters. The molecule has 1 aromatic carbocycles. The van der Waals surface area contributed by atoms with Crippen LogP contribution < -0.4 is 4.90 Å². The molecule has 0 aliphatic carbocycles. The first-order valence-corrected chi connectivity index (χ1v) is 5.23. The molecule has 2 rings (SSSR count). The van der Waals surface area contributed by atoms with Crippen LogP contribution in [0.4, 0.5) is 5.69 Å². The maximum absolute atomic E-state index is 11.7. The zero-order chi connectivity index (χ0) is 10.8. The van der Waals surface area contributed by atoms with Crippen LogP contribution in [0.3, 0.4) is 0 Å². The highest BCUT2D eigenvalue weighted by Crippen LogP contribution is 2.29. The first-order chi connectivity index (χ1) is 7.22. The standard InChI is InChI=1S/C13H15NO/c1-3-4-7-14-12-6-5-10(2)8-11(12)9-13(14)15/h3-6,8H,7,9H2,1-2H3/b4-3-. The van der Waals surface area contributed by atoms with Crippen LogP contribution in [-0.4, -0.2) is 12.5 Å². The number of carbonyl (C=O) groups is 1. The van der Waals surface area contributed by atoms with Crippen molar-refractivity contribution in [1.82, 2.24) is 0 Å². The van der Waals surface area contributed by atoms with Gasteiger partial charge in [-0.2, -0.15) is 0 Å². The Balaban J connectivity index is 2.33. The largest absolute Gasteiger partial charge is 0.308 e. The number of nitrogens with zero attached hydrogens (tertiary/aromatic N) is 1. The lowest BCUT2D eigenvalue weighted by atomic mass is 10.1. The van der Waals surface area contributed by atoms with Crippen molar-refractivity contribution in [3.8, 4) is 0 Å².